The molecule has 1 N–H and O–H groups in total. The normalized spacial score (nSPS) is 16.9. The van der Waals surface area contributed by atoms with Crippen molar-refractivity contribution in [2.24, 2.45) is 7.05 Å². The summed E-state index contributed by atoms with van der Waals surface area (Å²) >= 11 is 1.22. The summed E-state index contributed by atoms with van der Waals surface area (Å²) in [7, 11) is -1.24. The minimum absolute atomic E-state index is 0.0778. The first-order valence-electron chi connectivity index (χ1n) is 10.9. The molecule has 0 spiro atoms. The lowest BCUT2D eigenvalue weighted by Crippen LogP contribution is -2.19. The van der Waals surface area contributed by atoms with Gasteiger partial charge in [0.2, 0.25) is 5.91 Å². The maximum Gasteiger partial charge on any atom is 0.235 e. The summed E-state index contributed by atoms with van der Waals surface area (Å²) < 4.78 is 27.3. The Morgan fingerprint density at radius 2 is 2.00 bits per heavy atom. The summed E-state index contributed by atoms with van der Waals surface area (Å²) in [5, 5.41) is 21.5. The zero-order valence-corrected chi connectivity index (χ0v) is 20.9. The number of amides is 1. The Kier molecular flexibility index (Phi) is 6.81. The second-order valence-corrected chi connectivity index (χ2v) is 11.6. The van der Waals surface area contributed by atoms with Crippen LogP contribution in [-0.4, -0.2) is 50.9 Å². The molecule has 4 rings (SSSR count). The summed E-state index contributed by atoms with van der Waals surface area (Å²) in [6, 6.07) is 12.1. The predicted molar refractivity (Wildman–Crippen MR) is 131 cm³/mol. The molecule has 0 radical (unpaired) electrons. The third-order valence-electron chi connectivity index (χ3n) is 6.18. The summed E-state index contributed by atoms with van der Waals surface area (Å²) in [5.74, 6) is 1.00. The number of nitriles is 1. The summed E-state index contributed by atoms with van der Waals surface area (Å²) in [5.41, 5.74) is 3.28. The molecule has 3 aromatic rings. The van der Waals surface area contributed by atoms with Crippen molar-refractivity contribution in [1.29, 1.82) is 5.26 Å². The van der Waals surface area contributed by atoms with Crippen LogP contribution in [0.1, 0.15) is 40.5 Å². The van der Waals surface area contributed by atoms with Crippen molar-refractivity contribution < 1.29 is 13.2 Å². The fourth-order valence-corrected chi connectivity index (χ4v) is 6.66. The molecule has 1 amide bonds. The van der Waals surface area contributed by atoms with Crippen LogP contribution in [0.3, 0.4) is 0 Å². The van der Waals surface area contributed by atoms with Crippen LogP contribution in [0.25, 0.3) is 0 Å². The number of hydrogen-bond acceptors (Lipinski definition) is 7. The van der Waals surface area contributed by atoms with Gasteiger partial charge in [-0.3, -0.25) is 4.79 Å². The first kappa shape index (κ1) is 24.0. The molecule has 178 valence electrons. The minimum Gasteiger partial charge on any atom is -0.326 e. The average Bonchev–Trinajstić information content (AvgIpc) is 3.42. The standard InChI is InChI=1S/C23H26N6O3S2/c1-15-16(2)29(12-17-7-5-4-6-8-17)22(19(15)11-24)25-20(30)13-33-23-27-26-21(28(23)3)18-9-10-34(31,32)14-18/h4-8,18H,9-10,12-14H2,1-3H3,(H,25,30)/t18-/m0/s1. The lowest BCUT2D eigenvalue weighted by Gasteiger charge is -2.13. The molecule has 2 aromatic heterocycles. The van der Waals surface area contributed by atoms with E-state index in [9.17, 15) is 18.5 Å². The van der Waals surface area contributed by atoms with Gasteiger partial charge in [-0.15, -0.1) is 10.2 Å². The maximum absolute atomic E-state index is 12.8. The van der Waals surface area contributed by atoms with Crippen molar-refractivity contribution in [3.8, 4) is 6.07 Å². The van der Waals surface area contributed by atoms with Crippen LogP contribution in [0.15, 0.2) is 35.5 Å². The van der Waals surface area contributed by atoms with Crippen LogP contribution < -0.4 is 5.32 Å². The van der Waals surface area contributed by atoms with Gasteiger partial charge in [0.25, 0.3) is 0 Å². The number of sulfone groups is 1. The smallest absolute Gasteiger partial charge is 0.235 e. The molecule has 1 fully saturated rings. The largest absolute Gasteiger partial charge is 0.326 e. The number of hydrogen-bond donors (Lipinski definition) is 1. The summed E-state index contributed by atoms with van der Waals surface area (Å²) in [6.45, 7) is 4.35. The number of nitrogens with zero attached hydrogens (tertiary/aromatic N) is 5. The van der Waals surface area contributed by atoms with Gasteiger partial charge in [-0.1, -0.05) is 42.1 Å². The van der Waals surface area contributed by atoms with Crippen LogP contribution >= 0.6 is 11.8 Å². The highest BCUT2D eigenvalue weighted by Gasteiger charge is 2.32. The first-order chi connectivity index (χ1) is 16.2. The lowest BCUT2D eigenvalue weighted by atomic mass is 10.1. The fourth-order valence-electron chi connectivity index (χ4n) is 4.20. The van der Waals surface area contributed by atoms with Gasteiger partial charge in [0.05, 0.1) is 22.8 Å². The molecule has 0 saturated carbocycles. The number of aromatic nitrogens is 4. The second-order valence-electron chi connectivity index (χ2n) is 8.45. The number of rotatable bonds is 7. The van der Waals surface area contributed by atoms with Gasteiger partial charge >= 0.3 is 0 Å². The van der Waals surface area contributed by atoms with Gasteiger partial charge in [-0.2, -0.15) is 5.26 Å². The Morgan fingerprint density at radius 1 is 1.26 bits per heavy atom. The highest BCUT2D eigenvalue weighted by Crippen LogP contribution is 2.30. The Balaban J connectivity index is 1.48. The number of carbonyl (C=O) groups is 1. The molecule has 1 aliphatic rings. The topological polar surface area (TPSA) is 123 Å². The highest BCUT2D eigenvalue weighted by atomic mass is 32.2. The number of anilines is 1. The quantitative estimate of drug-likeness (QED) is 0.497. The molecular formula is C23H26N6O3S2. The summed E-state index contributed by atoms with van der Waals surface area (Å²) in [6.07, 6.45) is 0.535. The Bertz CT molecular complexity index is 1370. The van der Waals surface area contributed by atoms with Crippen LogP contribution in [0.4, 0.5) is 5.82 Å². The zero-order valence-electron chi connectivity index (χ0n) is 19.3. The van der Waals surface area contributed by atoms with Crippen molar-refractivity contribution >= 4 is 33.3 Å². The SMILES string of the molecule is Cc1c(C#N)c(NC(=O)CSc2nnc([C@H]3CCS(=O)(=O)C3)n2C)n(Cc2ccccc2)c1C. The molecule has 11 heteroatoms. The molecule has 0 unspecified atom stereocenters. The van der Waals surface area contributed by atoms with E-state index in [1.807, 2.05) is 48.7 Å². The molecule has 0 aliphatic carbocycles. The number of thioether (sulfide) groups is 1. The molecule has 0 bridgehead atoms. The molecule has 1 aliphatic heterocycles. The Hall–Kier alpha value is -3.10. The van der Waals surface area contributed by atoms with Crippen LogP contribution in [0, 0.1) is 25.2 Å². The molecule has 3 heterocycles. The maximum atomic E-state index is 12.8. The van der Waals surface area contributed by atoms with E-state index in [1.165, 1.54) is 11.8 Å². The monoisotopic (exact) mass is 498 g/mol. The Labute approximate surface area is 203 Å². The zero-order chi connectivity index (χ0) is 24.5. The van der Waals surface area contributed by atoms with Gasteiger partial charge in [0, 0.05) is 25.2 Å². The van der Waals surface area contributed by atoms with E-state index in [1.54, 1.807) is 11.6 Å². The lowest BCUT2D eigenvalue weighted by molar-refractivity contribution is -0.113. The third-order valence-corrected chi connectivity index (χ3v) is 8.97. The third kappa shape index (κ3) is 4.88. The van der Waals surface area contributed by atoms with Crippen molar-refractivity contribution in [3.05, 3.63) is 58.5 Å². The fraction of sp³-hybridized carbons (Fsp3) is 0.391. The molecule has 34 heavy (non-hydrogen) atoms. The van der Waals surface area contributed by atoms with E-state index in [4.69, 9.17) is 0 Å². The van der Waals surface area contributed by atoms with Crippen LogP contribution in [-0.2, 0) is 28.2 Å². The van der Waals surface area contributed by atoms with E-state index in [2.05, 4.69) is 21.6 Å². The van der Waals surface area contributed by atoms with Crippen molar-refractivity contribution in [3.63, 3.8) is 0 Å². The minimum atomic E-state index is -3.03. The van der Waals surface area contributed by atoms with Gasteiger partial charge in [-0.25, -0.2) is 8.42 Å². The van der Waals surface area contributed by atoms with E-state index < -0.39 is 9.84 Å². The van der Waals surface area contributed by atoms with E-state index in [0.717, 1.165) is 16.8 Å². The molecule has 1 atom stereocenters. The van der Waals surface area contributed by atoms with Crippen molar-refractivity contribution in [2.45, 2.75) is 37.9 Å². The summed E-state index contributed by atoms with van der Waals surface area (Å²) in [4.78, 5) is 12.8. The number of nitrogens with one attached hydrogen (secondary N) is 1. The molecule has 9 nitrogen and oxygen atoms in total. The molecule has 1 saturated heterocycles. The molecule has 1 aromatic carbocycles. The van der Waals surface area contributed by atoms with Gasteiger partial charge in [-0.05, 0) is 31.4 Å². The van der Waals surface area contributed by atoms with Crippen molar-refractivity contribution in [2.75, 3.05) is 22.6 Å². The van der Waals surface area contributed by atoms with E-state index in [0.29, 0.717) is 35.3 Å². The van der Waals surface area contributed by atoms with E-state index >= 15 is 0 Å². The number of benzene rings is 1. The average molecular weight is 499 g/mol. The highest BCUT2D eigenvalue weighted by molar-refractivity contribution is 7.99. The second kappa shape index (κ2) is 9.64. The molecular weight excluding hydrogens is 472 g/mol. The Morgan fingerprint density at radius 3 is 2.65 bits per heavy atom. The first-order valence-corrected chi connectivity index (χ1v) is 13.7. The van der Waals surface area contributed by atoms with Gasteiger partial charge < -0.3 is 14.5 Å². The van der Waals surface area contributed by atoms with Gasteiger partial charge in [0.1, 0.15) is 17.7 Å². The predicted octanol–water partition coefficient (Wildman–Crippen LogP) is 2.79. The number of carbonyl (C=O) groups excluding carboxylic acids is 1. The van der Waals surface area contributed by atoms with Crippen LogP contribution in [0.5, 0.6) is 0 Å². The van der Waals surface area contributed by atoms with Gasteiger partial charge in [0.15, 0.2) is 15.0 Å². The van der Waals surface area contributed by atoms with E-state index in [-0.39, 0.29) is 29.1 Å². The van der Waals surface area contributed by atoms with Crippen molar-refractivity contribution in [1.82, 2.24) is 19.3 Å². The van der Waals surface area contributed by atoms with Crippen LogP contribution in [0.2, 0.25) is 0 Å².